The van der Waals surface area contributed by atoms with Gasteiger partial charge < -0.3 is 5.32 Å². The molecule has 20 heavy (non-hydrogen) atoms. The van der Waals surface area contributed by atoms with Gasteiger partial charge in [-0.2, -0.15) is 0 Å². The van der Waals surface area contributed by atoms with Crippen LogP contribution in [0.25, 0.3) is 0 Å². The van der Waals surface area contributed by atoms with Gasteiger partial charge in [-0.3, -0.25) is 0 Å². The highest BCUT2D eigenvalue weighted by molar-refractivity contribution is 7.89. The molecule has 0 saturated carbocycles. The molecular formula is C13H20ClFN2O2S. The number of nitrogens with one attached hydrogen (secondary N) is 2. The number of rotatable bonds is 4. The van der Waals surface area contributed by atoms with Crippen LogP contribution in [-0.2, 0) is 10.0 Å². The molecule has 4 nitrogen and oxygen atoms in total. The SMILES string of the molecule is CC1(CNS(=O)(=O)c2ccccc2F)CCCNC1.Cl. The van der Waals surface area contributed by atoms with Crippen LogP contribution in [0.2, 0.25) is 0 Å². The maximum Gasteiger partial charge on any atom is 0.243 e. The predicted molar refractivity (Wildman–Crippen MR) is 79.0 cm³/mol. The number of hydrogen-bond donors (Lipinski definition) is 2. The topological polar surface area (TPSA) is 58.2 Å². The van der Waals surface area contributed by atoms with E-state index in [0.717, 1.165) is 32.0 Å². The standard InChI is InChI=1S/C13H19FN2O2S.ClH/c1-13(7-4-8-15-9-13)10-16-19(17,18)12-6-3-2-5-11(12)14;/h2-3,5-6,15-16H,4,7-10H2,1H3;1H. The highest BCUT2D eigenvalue weighted by atomic mass is 35.5. The molecule has 1 fully saturated rings. The second kappa shape index (κ2) is 6.85. The Labute approximate surface area is 125 Å². The van der Waals surface area contributed by atoms with Crippen LogP contribution in [0.15, 0.2) is 29.2 Å². The van der Waals surface area contributed by atoms with Crippen molar-refractivity contribution in [2.75, 3.05) is 19.6 Å². The van der Waals surface area contributed by atoms with Gasteiger partial charge in [0.1, 0.15) is 10.7 Å². The average molecular weight is 323 g/mol. The quantitative estimate of drug-likeness (QED) is 0.890. The monoisotopic (exact) mass is 322 g/mol. The van der Waals surface area contributed by atoms with Gasteiger partial charge in [0.2, 0.25) is 10.0 Å². The van der Waals surface area contributed by atoms with Gasteiger partial charge in [0.25, 0.3) is 0 Å². The highest BCUT2D eigenvalue weighted by Gasteiger charge is 2.29. The molecule has 1 aliphatic heterocycles. The third-order valence-electron chi connectivity index (χ3n) is 3.50. The van der Waals surface area contributed by atoms with Crippen molar-refractivity contribution in [3.8, 4) is 0 Å². The zero-order valence-corrected chi connectivity index (χ0v) is 13.0. The minimum atomic E-state index is -3.78. The maximum absolute atomic E-state index is 13.5. The summed E-state index contributed by atoms with van der Waals surface area (Å²) in [6.45, 7) is 4.09. The van der Waals surface area contributed by atoms with Crippen LogP contribution in [0.5, 0.6) is 0 Å². The van der Waals surface area contributed by atoms with Crippen LogP contribution in [0, 0.1) is 11.2 Å². The van der Waals surface area contributed by atoms with Crippen LogP contribution >= 0.6 is 12.4 Å². The van der Waals surface area contributed by atoms with Crippen LogP contribution < -0.4 is 10.0 Å². The molecule has 2 N–H and O–H groups in total. The molecule has 0 amide bonds. The molecule has 1 saturated heterocycles. The van der Waals surface area contributed by atoms with Crippen LogP contribution in [0.3, 0.4) is 0 Å². The predicted octanol–water partition coefficient (Wildman–Crippen LogP) is 1.92. The Kier molecular flexibility index (Phi) is 5.94. The molecule has 1 unspecified atom stereocenters. The molecule has 1 aromatic carbocycles. The lowest BCUT2D eigenvalue weighted by Crippen LogP contribution is -2.45. The summed E-state index contributed by atoms with van der Waals surface area (Å²) in [5, 5.41) is 3.25. The Morgan fingerprint density at radius 3 is 2.70 bits per heavy atom. The number of hydrogen-bond acceptors (Lipinski definition) is 3. The Hall–Kier alpha value is -0.690. The molecule has 2 rings (SSSR count). The van der Waals surface area contributed by atoms with Crippen molar-refractivity contribution in [1.29, 1.82) is 0 Å². The Morgan fingerprint density at radius 1 is 1.40 bits per heavy atom. The number of benzene rings is 1. The molecule has 114 valence electrons. The van der Waals surface area contributed by atoms with Crippen molar-refractivity contribution < 1.29 is 12.8 Å². The van der Waals surface area contributed by atoms with Crippen LogP contribution in [-0.4, -0.2) is 28.1 Å². The van der Waals surface area contributed by atoms with Gasteiger partial charge in [-0.05, 0) is 36.9 Å². The Bertz CT molecular complexity index is 545. The molecule has 1 heterocycles. The van der Waals surface area contributed by atoms with E-state index in [1.54, 1.807) is 0 Å². The molecule has 0 aromatic heterocycles. The molecule has 1 aliphatic rings. The van der Waals surface area contributed by atoms with Gasteiger partial charge in [0.05, 0.1) is 0 Å². The summed E-state index contributed by atoms with van der Waals surface area (Å²) in [6, 6.07) is 5.42. The van der Waals surface area contributed by atoms with Crippen LogP contribution in [0.4, 0.5) is 4.39 Å². The van der Waals surface area contributed by atoms with Crippen molar-refractivity contribution >= 4 is 22.4 Å². The van der Waals surface area contributed by atoms with E-state index in [2.05, 4.69) is 10.0 Å². The number of halogens is 2. The summed E-state index contributed by atoms with van der Waals surface area (Å²) in [4.78, 5) is -0.289. The van der Waals surface area contributed by atoms with Crippen molar-refractivity contribution in [1.82, 2.24) is 10.0 Å². The maximum atomic E-state index is 13.5. The smallest absolute Gasteiger partial charge is 0.243 e. The summed E-state index contributed by atoms with van der Waals surface area (Å²) >= 11 is 0. The molecular weight excluding hydrogens is 303 g/mol. The van der Waals surface area contributed by atoms with E-state index in [1.807, 2.05) is 6.92 Å². The highest BCUT2D eigenvalue weighted by Crippen LogP contribution is 2.25. The lowest BCUT2D eigenvalue weighted by Gasteiger charge is -2.34. The fraction of sp³-hybridized carbons (Fsp3) is 0.538. The number of piperidine rings is 1. The fourth-order valence-electron chi connectivity index (χ4n) is 2.28. The van der Waals surface area contributed by atoms with Gasteiger partial charge in [0, 0.05) is 13.1 Å². The summed E-state index contributed by atoms with van der Waals surface area (Å²) in [5.41, 5.74) is -0.115. The minimum absolute atomic E-state index is 0. The number of sulfonamides is 1. The van der Waals surface area contributed by atoms with E-state index in [1.165, 1.54) is 18.2 Å². The van der Waals surface area contributed by atoms with E-state index in [-0.39, 0.29) is 22.7 Å². The molecule has 1 aromatic rings. The summed E-state index contributed by atoms with van der Waals surface area (Å²) in [5.74, 6) is -0.720. The first-order valence-electron chi connectivity index (χ1n) is 6.38. The molecule has 0 spiro atoms. The fourth-order valence-corrected chi connectivity index (χ4v) is 3.56. The van der Waals surface area contributed by atoms with E-state index >= 15 is 0 Å². The second-order valence-electron chi connectivity index (χ2n) is 5.35. The first-order chi connectivity index (χ1) is 8.93. The van der Waals surface area contributed by atoms with Gasteiger partial charge >= 0.3 is 0 Å². The largest absolute Gasteiger partial charge is 0.316 e. The average Bonchev–Trinajstić information content (AvgIpc) is 2.38. The third-order valence-corrected chi connectivity index (χ3v) is 4.94. The van der Waals surface area contributed by atoms with Crippen molar-refractivity contribution in [3.05, 3.63) is 30.1 Å². The molecule has 7 heteroatoms. The first kappa shape index (κ1) is 17.4. The Balaban J connectivity index is 0.00000200. The molecule has 0 aliphatic carbocycles. The van der Waals surface area contributed by atoms with E-state index in [0.29, 0.717) is 6.54 Å². The van der Waals surface area contributed by atoms with Crippen molar-refractivity contribution in [2.24, 2.45) is 5.41 Å². The lowest BCUT2D eigenvalue weighted by atomic mass is 9.83. The Morgan fingerprint density at radius 2 is 2.10 bits per heavy atom. The van der Waals surface area contributed by atoms with Crippen LogP contribution in [0.1, 0.15) is 19.8 Å². The molecule has 0 radical (unpaired) electrons. The summed E-state index contributed by atoms with van der Waals surface area (Å²) in [7, 11) is -3.78. The summed E-state index contributed by atoms with van der Waals surface area (Å²) in [6.07, 6.45) is 1.98. The zero-order valence-electron chi connectivity index (χ0n) is 11.4. The van der Waals surface area contributed by atoms with E-state index < -0.39 is 15.8 Å². The third kappa shape index (κ3) is 4.15. The normalized spacial score (nSPS) is 23.1. The van der Waals surface area contributed by atoms with Crippen molar-refractivity contribution in [2.45, 2.75) is 24.7 Å². The zero-order chi connectivity index (χ0) is 13.9. The van der Waals surface area contributed by atoms with E-state index in [9.17, 15) is 12.8 Å². The van der Waals surface area contributed by atoms with Gasteiger partial charge in [-0.1, -0.05) is 19.1 Å². The van der Waals surface area contributed by atoms with E-state index in [4.69, 9.17) is 0 Å². The van der Waals surface area contributed by atoms with Gasteiger partial charge in [-0.25, -0.2) is 17.5 Å². The molecule has 0 bridgehead atoms. The van der Waals surface area contributed by atoms with Gasteiger partial charge in [0.15, 0.2) is 0 Å². The lowest BCUT2D eigenvalue weighted by molar-refractivity contribution is 0.238. The molecule has 1 atom stereocenters. The second-order valence-corrected chi connectivity index (χ2v) is 7.08. The first-order valence-corrected chi connectivity index (χ1v) is 7.86. The van der Waals surface area contributed by atoms with Crippen molar-refractivity contribution in [3.63, 3.8) is 0 Å². The minimum Gasteiger partial charge on any atom is -0.316 e. The summed E-state index contributed by atoms with van der Waals surface area (Å²) < 4.78 is 40.2. The van der Waals surface area contributed by atoms with Gasteiger partial charge in [-0.15, -0.1) is 12.4 Å².